The zero-order chi connectivity index (χ0) is 22.5. The van der Waals surface area contributed by atoms with Gasteiger partial charge in [-0.1, -0.05) is 42.0 Å². The van der Waals surface area contributed by atoms with Gasteiger partial charge in [0, 0.05) is 23.6 Å². The van der Waals surface area contributed by atoms with Crippen LogP contribution >= 0.6 is 0 Å². The molecule has 1 saturated carbocycles. The second kappa shape index (κ2) is 7.38. The van der Waals surface area contributed by atoms with E-state index in [4.69, 9.17) is 15.6 Å². The Morgan fingerprint density at radius 2 is 1.85 bits per heavy atom. The molecule has 0 radical (unpaired) electrons. The van der Waals surface area contributed by atoms with Gasteiger partial charge in [-0.2, -0.15) is 10.4 Å². The second-order valence-corrected chi connectivity index (χ2v) is 8.60. The van der Waals surface area contributed by atoms with Crippen molar-refractivity contribution in [2.24, 2.45) is 5.73 Å². The number of hydrogen-bond donors (Lipinski definition) is 1. The molecule has 2 aliphatic rings. The molecular weight excluding hydrogens is 412 g/mol. The lowest BCUT2D eigenvalue weighted by Gasteiger charge is -2.25. The molecule has 0 amide bonds. The zero-order valence-corrected chi connectivity index (χ0v) is 18.1. The first-order chi connectivity index (χ1) is 16.1. The monoisotopic (exact) mass is 434 g/mol. The molecule has 33 heavy (non-hydrogen) atoms. The maximum atomic E-state index is 10.0. The molecule has 1 unspecified atom stereocenters. The van der Waals surface area contributed by atoms with Crippen LogP contribution in [0.25, 0.3) is 16.9 Å². The predicted molar refractivity (Wildman–Crippen MR) is 124 cm³/mol. The third kappa shape index (κ3) is 3.19. The lowest BCUT2D eigenvalue weighted by atomic mass is 9.83. The first-order valence-electron chi connectivity index (χ1n) is 11.0. The molecule has 6 rings (SSSR count). The molecule has 7 heteroatoms. The Kier molecular flexibility index (Phi) is 4.34. The molecule has 0 spiro atoms. The summed E-state index contributed by atoms with van der Waals surface area (Å²) in [4.78, 5) is 4.12. The largest absolute Gasteiger partial charge is 0.422 e. The number of rotatable bonds is 4. The summed E-state index contributed by atoms with van der Waals surface area (Å²) in [5.74, 6) is 0.429. The van der Waals surface area contributed by atoms with Crippen molar-refractivity contribution in [2.45, 2.75) is 31.7 Å². The van der Waals surface area contributed by atoms with Crippen molar-refractivity contribution < 1.29 is 4.74 Å². The van der Waals surface area contributed by atoms with Crippen LogP contribution in [0.1, 0.15) is 41.5 Å². The van der Waals surface area contributed by atoms with Gasteiger partial charge in [-0.25, -0.2) is 9.67 Å². The summed E-state index contributed by atoms with van der Waals surface area (Å²) in [6, 6.07) is 19.0. The molecule has 162 valence electrons. The van der Waals surface area contributed by atoms with E-state index in [1.54, 1.807) is 12.5 Å². The third-order valence-electron chi connectivity index (χ3n) is 6.32. The molecule has 1 aliphatic carbocycles. The number of imidazole rings is 1. The van der Waals surface area contributed by atoms with Gasteiger partial charge in [0.25, 0.3) is 0 Å². The Morgan fingerprint density at radius 1 is 1.09 bits per heavy atom. The van der Waals surface area contributed by atoms with Crippen molar-refractivity contribution in [1.29, 1.82) is 5.26 Å². The standard InChI is InChI=1S/C26H22N6O/c1-16-2-4-18(5-3-16)24-23-22(17-6-8-19(9-7-17)31-13-12-29-15-31)21(14-27)25(28)33-26(23)32(30-24)20-10-11-20/h2-9,12-13,15,20,22H,10-11,28H2,1H3. The van der Waals surface area contributed by atoms with E-state index in [1.165, 1.54) is 5.56 Å². The number of nitrogens with two attached hydrogens (primary N) is 1. The van der Waals surface area contributed by atoms with Gasteiger partial charge in [-0.05, 0) is 37.5 Å². The van der Waals surface area contributed by atoms with Crippen LogP contribution < -0.4 is 10.5 Å². The summed E-state index contributed by atoms with van der Waals surface area (Å²) < 4.78 is 9.95. The van der Waals surface area contributed by atoms with Gasteiger partial charge >= 0.3 is 0 Å². The highest BCUT2D eigenvalue weighted by Gasteiger charge is 2.40. The van der Waals surface area contributed by atoms with Gasteiger partial charge in [-0.3, -0.25) is 0 Å². The molecule has 0 bridgehead atoms. The topological polar surface area (TPSA) is 94.7 Å². The number of hydrogen-bond acceptors (Lipinski definition) is 5. The molecule has 4 aromatic rings. The van der Waals surface area contributed by atoms with Crippen molar-refractivity contribution >= 4 is 0 Å². The Balaban J connectivity index is 1.54. The van der Waals surface area contributed by atoms with Gasteiger partial charge in [0.2, 0.25) is 11.8 Å². The summed E-state index contributed by atoms with van der Waals surface area (Å²) in [6.45, 7) is 2.06. The van der Waals surface area contributed by atoms with Gasteiger partial charge < -0.3 is 15.0 Å². The van der Waals surface area contributed by atoms with Crippen molar-refractivity contribution in [2.75, 3.05) is 0 Å². The molecule has 2 aromatic heterocycles. The first-order valence-corrected chi connectivity index (χ1v) is 11.0. The number of aromatic nitrogens is 4. The summed E-state index contributed by atoms with van der Waals surface area (Å²) in [5.41, 5.74) is 12.5. The van der Waals surface area contributed by atoms with Crippen LogP contribution in [0, 0.1) is 18.3 Å². The average molecular weight is 435 g/mol. The number of benzene rings is 2. The quantitative estimate of drug-likeness (QED) is 0.507. The Morgan fingerprint density at radius 3 is 2.48 bits per heavy atom. The Labute approximate surface area is 191 Å². The van der Waals surface area contributed by atoms with Crippen LogP contribution in [-0.4, -0.2) is 19.3 Å². The Bertz CT molecular complexity index is 1400. The van der Waals surface area contributed by atoms with Gasteiger partial charge in [0.1, 0.15) is 17.3 Å². The number of fused-ring (bicyclic) bond motifs is 1. The second-order valence-electron chi connectivity index (χ2n) is 8.60. The summed E-state index contributed by atoms with van der Waals surface area (Å²) in [7, 11) is 0. The molecule has 2 N–H and O–H groups in total. The third-order valence-corrected chi connectivity index (χ3v) is 6.32. The van der Waals surface area contributed by atoms with Crippen LogP contribution in [0.5, 0.6) is 5.88 Å². The fraction of sp³-hybridized carbons (Fsp3) is 0.192. The first kappa shape index (κ1) is 19.4. The number of aryl methyl sites for hydroxylation is 1. The van der Waals surface area contributed by atoms with Crippen LogP contribution in [-0.2, 0) is 0 Å². The molecular formula is C26H22N6O. The maximum Gasteiger partial charge on any atom is 0.224 e. The molecule has 3 heterocycles. The van der Waals surface area contributed by atoms with Crippen LogP contribution in [0.4, 0.5) is 0 Å². The number of ether oxygens (including phenoxy) is 1. The lowest BCUT2D eigenvalue weighted by molar-refractivity contribution is 0.347. The van der Waals surface area contributed by atoms with Crippen molar-refractivity contribution in [3.05, 3.63) is 95.4 Å². The van der Waals surface area contributed by atoms with E-state index in [0.717, 1.165) is 40.9 Å². The van der Waals surface area contributed by atoms with E-state index < -0.39 is 0 Å². The van der Waals surface area contributed by atoms with Crippen molar-refractivity contribution in [3.63, 3.8) is 0 Å². The number of nitrogens with zero attached hydrogens (tertiary/aromatic N) is 5. The van der Waals surface area contributed by atoms with Crippen LogP contribution in [0.3, 0.4) is 0 Å². The van der Waals surface area contributed by atoms with E-state index in [1.807, 2.05) is 39.7 Å². The molecule has 2 aromatic carbocycles. The SMILES string of the molecule is Cc1ccc(-c2nn(C3CC3)c3c2C(c2ccc(-n4ccnc4)cc2)C(C#N)=C(N)O3)cc1. The fourth-order valence-electron chi connectivity index (χ4n) is 4.43. The van der Waals surface area contributed by atoms with Crippen LogP contribution in [0.15, 0.2) is 78.7 Å². The highest BCUT2D eigenvalue weighted by molar-refractivity contribution is 5.71. The molecule has 1 fully saturated rings. The molecule has 0 saturated heterocycles. The van der Waals surface area contributed by atoms with Crippen LogP contribution in [0.2, 0.25) is 0 Å². The fourth-order valence-corrected chi connectivity index (χ4v) is 4.43. The zero-order valence-electron chi connectivity index (χ0n) is 18.1. The van der Waals surface area contributed by atoms with Gasteiger partial charge in [0.05, 0.1) is 23.9 Å². The smallest absolute Gasteiger partial charge is 0.224 e. The van der Waals surface area contributed by atoms with E-state index in [2.05, 4.69) is 42.2 Å². The molecule has 7 nitrogen and oxygen atoms in total. The highest BCUT2D eigenvalue weighted by atomic mass is 16.5. The molecule has 1 aliphatic heterocycles. The van der Waals surface area contributed by atoms with E-state index in [0.29, 0.717) is 17.5 Å². The minimum atomic E-state index is -0.362. The predicted octanol–water partition coefficient (Wildman–Crippen LogP) is 4.60. The highest BCUT2D eigenvalue weighted by Crippen LogP contribution is 2.50. The maximum absolute atomic E-state index is 10.0. The molecule has 1 atom stereocenters. The van der Waals surface area contributed by atoms with E-state index in [9.17, 15) is 5.26 Å². The van der Waals surface area contributed by atoms with Gasteiger partial charge in [-0.15, -0.1) is 0 Å². The van der Waals surface area contributed by atoms with E-state index >= 15 is 0 Å². The van der Waals surface area contributed by atoms with E-state index in [-0.39, 0.29) is 11.8 Å². The van der Waals surface area contributed by atoms with Crippen molar-refractivity contribution in [1.82, 2.24) is 19.3 Å². The number of allylic oxidation sites excluding steroid dienone is 1. The summed E-state index contributed by atoms with van der Waals surface area (Å²) >= 11 is 0. The summed E-state index contributed by atoms with van der Waals surface area (Å²) in [5, 5.41) is 15.0. The average Bonchev–Trinajstić information content (AvgIpc) is 3.39. The summed E-state index contributed by atoms with van der Waals surface area (Å²) in [6.07, 6.45) is 7.52. The van der Waals surface area contributed by atoms with Gasteiger partial charge in [0.15, 0.2) is 0 Å². The lowest BCUT2D eigenvalue weighted by Crippen LogP contribution is -2.22. The normalized spacial score (nSPS) is 17.4. The van der Waals surface area contributed by atoms with Crippen molar-refractivity contribution in [3.8, 4) is 28.9 Å². The minimum Gasteiger partial charge on any atom is -0.422 e. The Hall–Kier alpha value is -4.31. The minimum absolute atomic E-state index is 0.144. The number of nitriles is 1.